The van der Waals surface area contributed by atoms with Crippen molar-refractivity contribution in [3.8, 4) is 0 Å². The van der Waals surface area contributed by atoms with E-state index in [0.29, 0.717) is 6.04 Å². The first-order valence-electron chi connectivity index (χ1n) is 6.64. The second-order valence-electron chi connectivity index (χ2n) is 5.05. The van der Waals surface area contributed by atoms with E-state index in [1.807, 2.05) is 12.1 Å². The van der Waals surface area contributed by atoms with Gasteiger partial charge < -0.3 is 14.5 Å². The zero-order valence-corrected chi connectivity index (χ0v) is 10.9. The number of hydrogen-bond acceptors (Lipinski definition) is 3. The second kappa shape index (κ2) is 5.69. The van der Waals surface area contributed by atoms with Crippen LogP contribution in [0.3, 0.4) is 0 Å². The Morgan fingerprint density at radius 2 is 2.41 bits per heavy atom. The molecule has 1 aromatic rings. The normalized spacial score (nSPS) is 26.2. The molecule has 96 valence electrons. The first kappa shape index (κ1) is 12.7. The minimum absolute atomic E-state index is 0.0397. The lowest BCUT2D eigenvalue weighted by Gasteiger charge is -2.33. The van der Waals surface area contributed by atoms with Crippen LogP contribution < -0.4 is 5.32 Å². The molecule has 17 heavy (non-hydrogen) atoms. The summed E-state index contributed by atoms with van der Waals surface area (Å²) in [4.78, 5) is 0. The molecule has 1 aliphatic rings. The Morgan fingerprint density at radius 3 is 3.00 bits per heavy atom. The maximum atomic E-state index is 5.94. The largest absolute Gasteiger partial charge is 0.469 e. The molecule has 1 N–H and O–H groups in total. The fraction of sp³-hybridized carbons (Fsp3) is 0.714. The highest BCUT2D eigenvalue weighted by Gasteiger charge is 2.38. The summed E-state index contributed by atoms with van der Waals surface area (Å²) >= 11 is 0. The minimum atomic E-state index is -0.0397. The summed E-state index contributed by atoms with van der Waals surface area (Å²) in [7, 11) is 0. The van der Waals surface area contributed by atoms with Gasteiger partial charge in [0.05, 0.1) is 11.9 Å². The van der Waals surface area contributed by atoms with E-state index in [0.717, 1.165) is 38.2 Å². The van der Waals surface area contributed by atoms with Crippen molar-refractivity contribution < 1.29 is 9.15 Å². The van der Waals surface area contributed by atoms with Crippen LogP contribution >= 0.6 is 0 Å². The predicted octanol–water partition coefficient (Wildman–Crippen LogP) is 2.76. The molecule has 1 aliphatic heterocycles. The molecule has 0 radical (unpaired) electrons. The molecule has 2 rings (SSSR count). The van der Waals surface area contributed by atoms with Gasteiger partial charge in [-0.2, -0.15) is 0 Å². The Morgan fingerprint density at radius 1 is 1.53 bits per heavy atom. The highest BCUT2D eigenvalue weighted by atomic mass is 16.5. The SMILES string of the molecule is CCCNC(Cc1ccco1)C1(C)CCCO1. The molecule has 1 saturated heterocycles. The van der Waals surface area contributed by atoms with E-state index in [4.69, 9.17) is 9.15 Å². The summed E-state index contributed by atoms with van der Waals surface area (Å²) in [6.45, 7) is 6.33. The molecule has 1 fully saturated rings. The third-order valence-electron chi connectivity index (χ3n) is 3.61. The molecular weight excluding hydrogens is 214 g/mol. The first-order valence-corrected chi connectivity index (χ1v) is 6.64. The molecule has 3 nitrogen and oxygen atoms in total. The van der Waals surface area contributed by atoms with Crippen molar-refractivity contribution in [1.82, 2.24) is 5.32 Å². The fourth-order valence-corrected chi connectivity index (χ4v) is 2.53. The maximum Gasteiger partial charge on any atom is 0.105 e. The van der Waals surface area contributed by atoms with Crippen LogP contribution in [0.4, 0.5) is 0 Å². The van der Waals surface area contributed by atoms with Crippen LogP contribution in [0.5, 0.6) is 0 Å². The van der Waals surface area contributed by atoms with Crippen molar-refractivity contribution >= 4 is 0 Å². The molecular formula is C14H23NO2. The van der Waals surface area contributed by atoms with Crippen molar-refractivity contribution in [2.75, 3.05) is 13.2 Å². The molecule has 2 heterocycles. The molecule has 0 saturated carbocycles. The molecule has 1 aromatic heterocycles. The average Bonchev–Trinajstić information content (AvgIpc) is 2.96. The molecule has 3 heteroatoms. The zero-order valence-electron chi connectivity index (χ0n) is 10.9. The molecule has 0 aromatic carbocycles. The number of ether oxygens (including phenoxy) is 1. The van der Waals surface area contributed by atoms with Crippen LogP contribution in [-0.2, 0) is 11.2 Å². The van der Waals surface area contributed by atoms with Crippen LogP contribution in [0.1, 0.15) is 38.9 Å². The van der Waals surface area contributed by atoms with E-state index in [1.165, 1.54) is 6.42 Å². The summed E-state index contributed by atoms with van der Waals surface area (Å²) in [5, 5.41) is 3.61. The Bertz CT molecular complexity index is 315. The Hall–Kier alpha value is -0.800. The van der Waals surface area contributed by atoms with Gasteiger partial charge in [0.1, 0.15) is 5.76 Å². The van der Waals surface area contributed by atoms with Gasteiger partial charge in [-0.15, -0.1) is 0 Å². The summed E-state index contributed by atoms with van der Waals surface area (Å²) in [5.74, 6) is 1.04. The zero-order chi connectivity index (χ0) is 12.1. The monoisotopic (exact) mass is 237 g/mol. The van der Waals surface area contributed by atoms with E-state index >= 15 is 0 Å². The molecule has 0 bridgehead atoms. The van der Waals surface area contributed by atoms with Gasteiger partial charge in [-0.3, -0.25) is 0 Å². The minimum Gasteiger partial charge on any atom is -0.469 e. The van der Waals surface area contributed by atoms with Gasteiger partial charge in [0.25, 0.3) is 0 Å². The molecule has 0 amide bonds. The highest BCUT2D eigenvalue weighted by molar-refractivity contribution is 5.05. The number of rotatable bonds is 6. The lowest BCUT2D eigenvalue weighted by molar-refractivity contribution is -0.0126. The highest BCUT2D eigenvalue weighted by Crippen LogP contribution is 2.30. The van der Waals surface area contributed by atoms with Crippen molar-refractivity contribution in [1.29, 1.82) is 0 Å². The quantitative estimate of drug-likeness (QED) is 0.826. The summed E-state index contributed by atoms with van der Waals surface area (Å²) in [6, 6.07) is 4.33. The number of nitrogens with one attached hydrogen (secondary N) is 1. The predicted molar refractivity (Wildman–Crippen MR) is 68.1 cm³/mol. The van der Waals surface area contributed by atoms with Crippen molar-refractivity contribution in [3.05, 3.63) is 24.2 Å². The van der Waals surface area contributed by atoms with Gasteiger partial charge in [0, 0.05) is 19.1 Å². The lowest BCUT2D eigenvalue weighted by atomic mass is 9.90. The molecule has 2 unspecified atom stereocenters. The van der Waals surface area contributed by atoms with E-state index < -0.39 is 0 Å². The van der Waals surface area contributed by atoms with Crippen LogP contribution in [0.2, 0.25) is 0 Å². The Kier molecular flexibility index (Phi) is 4.24. The number of hydrogen-bond donors (Lipinski definition) is 1. The van der Waals surface area contributed by atoms with Crippen LogP contribution in [0, 0.1) is 0 Å². The van der Waals surface area contributed by atoms with Gasteiger partial charge in [-0.1, -0.05) is 6.92 Å². The summed E-state index contributed by atoms with van der Waals surface area (Å²) in [6.07, 6.45) is 6.09. The summed E-state index contributed by atoms with van der Waals surface area (Å²) < 4.78 is 11.4. The van der Waals surface area contributed by atoms with E-state index in [2.05, 4.69) is 19.2 Å². The van der Waals surface area contributed by atoms with Crippen LogP contribution in [0.25, 0.3) is 0 Å². The standard InChI is InChI=1S/C14H23NO2/c1-3-8-15-13(11-12-6-4-9-16-12)14(2)7-5-10-17-14/h4,6,9,13,15H,3,5,7-8,10-11H2,1-2H3. The van der Waals surface area contributed by atoms with E-state index in [-0.39, 0.29) is 5.60 Å². The van der Waals surface area contributed by atoms with Crippen molar-refractivity contribution in [2.45, 2.75) is 51.2 Å². The van der Waals surface area contributed by atoms with Gasteiger partial charge in [-0.05, 0) is 44.9 Å². The third-order valence-corrected chi connectivity index (χ3v) is 3.61. The Labute approximate surface area is 104 Å². The maximum absolute atomic E-state index is 5.94. The average molecular weight is 237 g/mol. The van der Waals surface area contributed by atoms with Crippen molar-refractivity contribution in [2.24, 2.45) is 0 Å². The number of furan rings is 1. The topological polar surface area (TPSA) is 34.4 Å². The van der Waals surface area contributed by atoms with Crippen molar-refractivity contribution in [3.63, 3.8) is 0 Å². The molecule has 0 spiro atoms. The van der Waals surface area contributed by atoms with E-state index in [9.17, 15) is 0 Å². The van der Waals surface area contributed by atoms with Gasteiger partial charge in [0.15, 0.2) is 0 Å². The fourth-order valence-electron chi connectivity index (χ4n) is 2.53. The summed E-state index contributed by atoms with van der Waals surface area (Å²) in [5.41, 5.74) is -0.0397. The van der Waals surface area contributed by atoms with Gasteiger partial charge >= 0.3 is 0 Å². The lowest BCUT2D eigenvalue weighted by Crippen LogP contribution is -2.50. The second-order valence-corrected chi connectivity index (χ2v) is 5.05. The van der Waals surface area contributed by atoms with Gasteiger partial charge in [-0.25, -0.2) is 0 Å². The van der Waals surface area contributed by atoms with Crippen LogP contribution in [0.15, 0.2) is 22.8 Å². The molecule has 0 aliphatic carbocycles. The molecule has 2 atom stereocenters. The van der Waals surface area contributed by atoms with E-state index in [1.54, 1.807) is 6.26 Å². The smallest absolute Gasteiger partial charge is 0.105 e. The Balaban J connectivity index is 2.02. The first-order chi connectivity index (χ1) is 8.24. The van der Waals surface area contributed by atoms with Gasteiger partial charge in [0.2, 0.25) is 0 Å². The van der Waals surface area contributed by atoms with Crippen LogP contribution in [-0.4, -0.2) is 24.8 Å². The third kappa shape index (κ3) is 3.11.